The van der Waals surface area contributed by atoms with Crippen LogP contribution in [0.25, 0.3) is 11.1 Å². The maximum atomic E-state index is 6.06. The summed E-state index contributed by atoms with van der Waals surface area (Å²) in [4.78, 5) is 0. The Morgan fingerprint density at radius 1 is 0.522 bits per heavy atom. The van der Waals surface area contributed by atoms with Crippen LogP contribution in [0.1, 0.15) is 95.2 Å². The highest BCUT2D eigenvalue weighted by Gasteiger charge is 2.47. The topological polar surface area (TPSA) is 36.9 Å². The van der Waals surface area contributed by atoms with Gasteiger partial charge in [0, 0.05) is 13.2 Å². The van der Waals surface area contributed by atoms with Crippen LogP contribution in [0, 0.1) is 0 Å². The fraction of sp³-hybridized carbons (Fsp3) is 0.429. The van der Waals surface area contributed by atoms with Gasteiger partial charge in [0.2, 0.25) is 0 Å². The predicted octanol–water partition coefficient (Wildman–Crippen LogP) is 9.87. The van der Waals surface area contributed by atoms with Crippen LogP contribution in [-0.4, -0.2) is 39.6 Å². The van der Waals surface area contributed by atoms with E-state index in [4.69, 9.17) is 18.9 Å². The van der Waals surface area contributed by atoms with Crippen molar-refractivity contribution in [1.29, 1.82) is 0 Å². The summed E-state index contributed by atoms with van der Waals surface area (Å²) < 4.78 is 23.1. The molecule has 0 bridgehead atoms. The number of hydrogen-bond donors (Lipinski definition) is 0. The highest BCUT2D eigenvalue weighted by molar-refractivity contribution is 5.87. The van der Waals surface area contributed by atoms with Gasteiger partial charge in [-0.2, -0.15) is 0 Å². The third-order valence-corrected chi connectivity index (χ3v) is 9.64. The van der Waals surface area contributed by atoms with Crippen molar-refractivity contribution in [2.75, 3.05) is 39.6 Å². The minimum atomic E-state index is -0.528. The van der Waals surface area contributed by atoms with Gasteiger partial charge in [0.25, 0.3) is 0 Å². The summed E-state index contributed by atoms with van der Waals surface area (Å²) >= 11 is 0. The normalized spacial score (nSPS) is 13.7. The molecule has 244 valence electrons. The van der Waals surface area contributed by atoms with Gasteiger partial charge >= 0.3 is 0 Å². The van der Waals surface area contributed by atoms with Crippen LogP contribution < -0.4 is 9.47 Å². The Bertz CT molecular complexity index is 1540. The highest BCUT2D eigenvalue weighted by atomic mass is 16.5. The predicted molar refractivity (Wildman–Crippen MR) is 190 cm³/mol. The lowest BCUT2D eigenvalue weighted by Crippen LogP contribution is -2.30. The summed E-state index contributed by atoms with van der Waals surface area (Å²) in [5, 5.41) is 0. The van der Waals surface area contributed by atoms with Crippen LogP contribution in [0.2, 0.25) is 0 Å². The fourth-order valence-corrected chi connectivity index (χ4v) is 6.53. The molecular formula is C42H52O4. The summed E-state index contributed by atoms with van der Waals surface area (Å²) in [5.41, 5.74) is 9.85. The average Bonchev–Trinajstić information content (AvgIpc) is 3.35. The summed E-state index contributed by atoms with van der Waals surface area (Å²) in [6.45, 7) is 21.4. The van der Waals surface area contributed by atoms with Crippen molar-refractivity contribution in [2.45, 2.75) is 78.1 Å². The van der Waals surface area contributed by atoms with Gasteiger partial charge in [-0.05, 0) is 99.9 Å². The number of ether oxygens (including phenoxy) is 4. The van der Waals surface area contributed by atoms with Crippen molar-refractivity contribution < 1.29 is 18.9 Å². The monoisotopic (exact) mass is 620 g/mol. The molecule has 0 unspecified atom stereocenters. The summed E-state index contributed by atoms with van der Waals surface area (Å²) in [5.74, 6) is 1.69. The number of benzene rings is 4. The van der Waals surface area contributed by atoms with Crippen molar-refractivity contribution in [3.63, 3.8) is 0 Å². The smallest absolute Gasteiger partial charge is 0.119 e. The van der Waals surface area contributed by atoms with E-state index in [1.54, 1.807) is 0 Å². The van der Waals surface area contributed by atoms with Crippen molar-refractivity contribution in [2.24, 2.45) is 0 Å². The molecule has 0 atom stereocenters. The van der Waals surface area contributed by atoms with Crippen LogP contribution >= 0.6 is 0 Å². The Morgan fingerprint density at radius 2 is 0.957 bits per heavy atom. The highest BCUT2D eigenvalue weighted by Crippen LogP contribution is 2.57. The van der Waals surface area contributed by atoms with E-state index >= 15 is 0 Å². The molecule has 0 aromatic heterocycles. The second-order valence-corrected chi connectivity index (χ2v) is 13.9. The summed E-state index contributed by atoms with van der Waals surface area (Å²) in [6.07, 6.45) is 1.06. The van der Waals surface area contributed by atoms with E-state index in [2.05, 4.69) is 126 Å². The molecule has 0 fully saturated rings. The molecule has 0 amide bonds. The van der Waals surface area contributed by atoms with Crippen LogP contribution in [-0.2, 0) is 25.7 Å². The summed E-state index contributed by atoms with van der Waals surface area (Å²) in [6, 6.07) is 31.7. The molecule has 4 nitrogen and oxygen atoms in total. The second kappa shape index (κ2) is 14.0. The second-order valence-electron chi connectivity index (χ2n) is 13.9. The zero-order chi connectivity index (χ0) is 33.0. The minimum absolute atomic E-state index is 0.00141. The lowest BCUT2D eigenvalue weighted by molar-refractivity contribution is 0.110. The van der Waals surface area contributed by atoms with E-state index in [0.29, 0.717) is 39.6 Å². The van der Waals surface area contributed by atoms with E-state index in [1.165, 1.54) is 44.5 Å². The van der Waals surface area contributed by atoms with Gasteiger partial charge in [0.15, 0.2) is 0 Å². The van der Waals surface area contributed by atoms with Crippen molar-refractivity contribution >= 4 is 0 Å². The Morgan fingerprint density at radius 3 is 1.37 bits per heavy atom. The van der Waals surface area contributed by atoms with E-state index in [1.807, 2.05) is 13.8 Å². The number of hydrogen-bond acceptors (Lipinski definition) is 4. The SMILES string of the molecule is CCOCCOc1ccc(C2(c3ccc(OCCOCC)cc3)c3cc(C(C)(C)C)ccc3-c3ccc(C(C)(C)CC)cc32)cc1. The molecule has 4 aromatic carbocycles. The van der Waals surface area contributed by atoms with Gasteiger partial charge in [0.1, 0.15) is 24.7 Å². The van der Waals surface area contributed by atoms with E-state index < -0.39 is 5.41 Å². The van der Waals surface area contributed by atoms with Gasteiger partial charge < -0.3 is 18.9 Å². The van der Waals surface area contributed by atoms with E-state index in [9.17, 15) is 0 Å². The number of rotatable bonds is 14. The van der Waals surface area contributed by atoms with Crippen molar-refractivity contribution in [3.05, 3.63) is 118 Å². The Balaban J connectivity index is 1.74. The van der Waals surface area contributed by atoms with E-state index in [0.717, 1.165) is 17.9 Å². The molecule has 0 heterocycles. The lowest BCUT2D eigenvalue weighted by atomic mass is 9.66. The largest absolute Gasteiger partial charge is 0.491 e. The fourth-order valence-electron chi connectivity index (χ4n) is 6.53. The van der Waals surface area contributed by atoms with E-state index in [-0.39, 0.29) is 10.8 Å². The standard InChI is InChI=1S/C42H52O4/c1-9-41(7,8)33-17-23-37-36-22-16-32(40(4,5)6)28-38(36)42(39(37)29-33,30-12-18-34(19-13-30)45-26-24-43-10-2)31-14-20-35(21-15-31)46-27-25-44-11-3/h12-23,28-29H,9-11,24-27H2,1-8H3. The quantitative estimate of drug-likeness (QED) is 0.116. The van der Waals surface area contributed by atoms with Crippen LogP contribution in [0.15, 0.2) is 84.9 Å². The van der Waals surface area contributed by atoms with Crippen molar-refractivity contribution in [1.82, 2.24) is 0 Å². The molecule has 0 saturated carbocycles. The molecule has 1 aliphatic carbocycles. The molecule has 0 aliphatic heterocycles. The van der Waals surface area contributed by atoms with Crippen LogP contribution in [0.5, 0.6) is 11.5 Å². The minimum Gasteiger partial charge on any atom is -0.491 e. The molecule has 0 radical (unpaired) electrons. The first-order chi connectivity index (χ1) is 22.1. The molecule has 0 saturated heterocycles. The maximum Gasteiger partial charge on any atom is 0.119 e. The first kappa shape index (κ1) is 33.8. The molecular weight excluding hydrogens is 568 g/mol. The molecule has 1 aliphatic rings. The Labute approximate surface area is 277 Å². The third kappa shape index (κ3) is 6.61. The molecule has 0 N–H and O–H groups in total. The van der Waals surface area contributed by atoms with Gasteiger partial charge in [-0.3, -0.25) is 0 Å². The summed E-state index contributed by atoms with van der Waals surface area (Å²) in [7, 11) is 0. The van der Waals surface area contributed by atoms with Gasteiger partial charge in [-0.25, -0.2) is 0 Å². The maximum absolute atomic E-state index is 6.06. The van der Waals surface area contributed by atoms with Crippen LogP contribution in [0.4, 0.5) is 0 Å². The molecule has 0 spiro atoms. The van der Waals surface area contributed by atoms with Gasteiger partial charge in [-0.15, -0.1) is 0 Å². The Kier molecular flexibility index (Phi) is 10.3. The average molecular weight is 621 g/mol. The molecule has 46 heavy (non-hydrogen) atoms. The molecule has 4 aromatic rings. The van der Waals surface area contributed by atoms with Crippen LogP contribution in [0.3, 0.4) is 0 Å². The zero-order valence-corrected chi connectivity index (χ0v) is 29.2. The third-order valence-electron chi connectivity index (χ3n) is 9.64. The first-order valence-corrected chi connectivity index (χ1v) is 17.0. The van der Waals surface area contributed by atoms with Gasteiger partial charge in [-0.1, -0.05) is 102 Å². The zero-order valence-electron chi connectivity index (χ0n) is 29.2. The van der Waals surface area contributed by atoms with Gasteiger partial charge in [0.05, 0.1) is 18.6 Å². The lowest BCUT2D eigenvalue weighted by Gasteiger charge is -2.36. The van der Waals surface area contributed by atoms with Crippen molar-refractivity contribution in [3.8, 4) is 22.6 Å². The first-order valence-electron chi connectivity index (χ1n) is 17.0. The molecule has 4 heteroatoms. The number of fused-ring (bicyclic) bond motifs is 3. The molecule has 5 rings (SSSR count). The Hall–Kier alpha value is -3.60.